The maximum Gasteiger partial charge on any atom is 0.409 e. The van der Waals surface area contributed by atoms with Crippen LogP contribution in [0.15, 0.2) is 5.38 Å². The fourth-order valence-corrected chi connectivity index (χ4v) is 2.98. The van der Waals surface area contributed by atoms with Crippen molar-refractivity contribution in [3.8, 4) is 0 Å². The highest BCUT2D eigenvalue weighted by Crippen LogP contribution is 2.12. The molecule has 1 N–H and O–H groups in total. The van der Waals surface area contributed by atoms with Gasteiger partial charge in [0.25, 0.3) is 0 Å². The summed E-state index contributed by atoms with van der Waals surface area (Å²) in [6, 6.07) is 0.380. The van der Waals surface area contributed by atoms with Crippen molar-refractivity contribution in [2.24, 2.45) is 0 Å². The second-order valence-electron chi connectivity index (χ2n) is 4.72. The quantitative estimate of drug-likeness (QED) is 0.895. The predicted molar refractivity (Wildman–Crippen MR) is 75.6 cm³/mol. The van der Waals surface area contributed by atoms with Gasteiger partial charge in [-0.3, -0.25) is 0 Å². The molecule has 1 aliphatic heterocycles. The molecular formula is C13H21N3O2S. The number of hydrogen-bond acceptors (Lipinski definition) is 5. The molecule has 1 fully saturated rings. The Balaban J connectivity index is 1.66. The zero-order valence-corrected chi connectivity index (χ0v) is 12.3. The number of aromatic nitrogens is 1. The topological polar surface area (TPSA) is 54.5 Å². The molecule has 1 saturated heterocycles. The molecule has 6 heteroatoms. The summed E-state index contributed by atoms with van der Waals surface area (Å²) < 4.78 is 5.00. The predicted octanol–water partition coefficient (Wildman–Crippen LogP) is 1.81. The van der Waals surface area contributed by atoms with Gasteiger partial charge in [-0.05, 0) is 20.3 Å². The molecule has 2 rings (SSSR count). The molecule has 1 amide bonds. The maximum absolute atomic E-state index is 11.6. The summed E-state index contributed by atoms with van der Waals surface area (Å²) in [6.07, 6.45) is 1.76. The van der Waals surface area contributed by atoms with Crippen molar-refractivity contribution in [3.05, 3.63) is 16.1 Å². The Kier molecular flexibility index (Phi) is 5.15. The summed E-state index contributed by atoms with van der Waals surface area (Å²) in [4.78, 5) is 17.8. The summed E-state index contributed by atoms with van der Waals surface area (Å²) in [5.41, 5.74) is 1.09. The summed E-state index contributed by atoms with van der Waals surface area (Å²) in [6.45, 7) is 6.73. The average molecular weight is 283 g/mol. The first-order chi connectivity index (χ1) is 9.19. The lowest BCUT2D eigenvalue weighted by molar-refractivity contribution is 0.115. The number of rotatable bonds is 5. The van der Waals surface area contributed by atoms with E-state index in [9.17, 15) is 4.79 Å². The standard InChI is InChI=1S/C13H21N3O2S/c1-3-18-13(17)16-7-5-11(8-16)14-6-4-12-15-10(2)9-19-12/h9,11,14H,3-8H2,1-2H3/t11-/m0/s1. The fourth-order valence-electron chi connectivity index (χ4n) is 2.21. The van der Waals surface area contributed by atoms with E-state index >= 15 is 0 Å². The molecule has 0 radical (unpaired) electrons. The second-order valence-corrected chi connectivity index (χ2v) is 5.66. The molecule has 5 nitrogen and oxygen atoms in total. The van der Waals surface area contributed by atoms with Crippen molar-refractivity contribution in [2.45, 2.75) is 32.7 Å². The van der Waals surface area contributed by atoms with E-state index in [4.69, 9.17) is 4.74 Å². The maximum atomic E-state index is 11.6. The van der Waals surface area contributed by atoms with Gasteiger partial charge in [0, 0.05) is 43.2 Å². The van der Waals surface area contributed by atoms with Crippen LogP contribution in [0.2, 0.25) is 0 Å². The number of likely N-dealkylation sites (tertiary alicyclic amines) is 1. The number of nitrogens with one attached hydrogen (secondary N) is 1. The van der Waals surface area contributed by atoms with Gasteiger partial charge in [0.15, 0.2) is 0 Å². The number of aryl methyl sites for hydroxylation is 1. The largest absolute Gasteiger partial charge is 0.450 e. The molecule has 1 aromatic rings. The summed E-state index contributed by atoms with van der Waals surface area (Å²) in [5, 5.41) is 6.73. The normalized spacial score (nSPS) is 18.8. The number of carbonyl (C=O) groups excluding carboxylic acids is 1. The van der Waals surface area contributed by atoms with Crippen LogP contribution in [-0.4, -0.2) is 48.3 Å². The molecule has 0 aliphatic carbocycles. The molecule has 106 valence electrons. The third-order valence-electron chi connectivity index (χ3n) is 3.15. The van der Waals surface area contributed by atoms with Gasteiger partial charge in [-0.1, -0.05) is 0 Å². The molecular weight excluding hydrogens is 262 g/mol. The Labute approximate surface area is 118 Å². The highest BCUT2D eigenvalue weighted by atomic mass is 32.1. The van der Waals surface area contributed by atoms with Crippen molar-refractivity contribution < 1.29 is 9.53 Å². The van der Waals surface area contributed by atoms with Crippen LogP contribution in [0.4, 0.5) is 4.79 Å². The molecule has 1 aliphatic rings. The second kappa shape index (κ2) is 6.86. The van der Waals surface area contributed by atoms with Crippen molar-refractivity contribution in [1.82, 2.24) is 15.2 Å². The number of amides is 1. The lowest BCUT2D eigenvalue weighted by Crippen LogP contribution is -2.36. The molecule has 1 aromatic heterocycles. The molecule has 19 heavy (non-hydrogen) atoms. The van der Waals surface area contributed by atoms with Crippen LogP contribution in [0.3, 0.4) is 0 Å². The molecule has 0 bridgehead atoms. The van der Waals surface area contributed by atoms with Gasteiger partial charge in [-0.25, -0.2) is 9.78 Å². The smallest absolute Gasteiger partial charge is 0.409 e. The monoisotopic (exact) mass is 283 g/mol. The highest BCUT2D eigenvalue weighted by Gasteiger charge is 2.26. The first-order valence-electron chi connectivity index (χ1n) is 6.75. The van der Waals surface area contributed by atoms with Gasteiger partial charge < -0.3 is 15.0 Å². The summed E-state index contributed by atoms with van der Waals surface area (Å²) in [7, 11) is 0. The highest BCUT2D eigenvalue weighted by molar-refractivity contribution is 7.09. The minimum atomic E-state index is -0.192. The van der Waals surface area contributed by atoms with Gasteiger partial charge in [0.1, 0.15) is 0 Å². The molecule has 1 atom stereocenters. The number of carbonyl (C=O) groups is 1. The van der Waals surface area contributed by atoms with E-state index in [1.807, 2.05) is 13.8 Å². The fraction of sp³-hybridized carbons (Fsp3) is 0.692. The van der Waals surface area contributed by atoms with Crippen molar-refractivity contribution in [1.29, 1.82) is 0 Å². The Hall–Kier alpha value is -1.14. The van der Waals surface area contributed by atoms with Gasteiger partial charge in [0.2, 0.25) is 0 Å². The van der Waals surface area contributed by atoms with Crippen LogP contribution in [0.1, 0.15) is 24.0 Å². The van der Waals surface area contributed by atoms with E-state index < -0.39 is 0 Å². The first kappa shape index (κ1) is 14.3. The van der Waals surface area contributed by atoms with E-state index in [0.717, 1.165) is 38.2 Å². The Bertz CT molecular complexity index is 422. The molecule has 0 aromatic carbocycles. The average Bonchev–Trinajstić information content (AvgIpc) is 2.99. The first-order valence-corrected chi connectivity index (χ1v) is 7.63. The van der Waals surface area contributed by atoms with E-state index in [2.05, 4.69) is 15.7 Å². The molecule has 0 saturated carbocycles. The van der Waals surface area contributed by atoms with Crippen molar-refractivity contribution >= 4 is 17.4 Å². The molecule has 0 unspecified atom stereocenters. The summed E-state index contributed by atoms with van der Waals surface area (Å²) >= 11 is 1.71. The Morgan fingerprint density at radius 2 is 2.53 bits per heavy atom. The number of nitrogens with zero attached hydrogens (tertiary/aromatic N) is 2. The zero-order chi connectivity index (χ0) is 13.7. The lowest BCUT2D eigenvalue weighted by Gasteiger charge is -2.16. The van der Waals surface area contributed by atoms with Crippen LogP contribution < -0.4 is 5.32 Å². The van der Waals surface area contributed by atoms with Crippen molar-refractivity contribution in [3.63, 3.8) is 0 Å². The molecule has 0 spiro atoms. The lowest BCUT2D eigenvalue weighted by atomic mass is 10.2. The van der Waals surface area contributed by atoms with E-state index in [1.54, 1.807) is 16.2 Å². The molecule has 2 heterocycles. The van der Waals surface area contributed by atoms with Crippen LogP contribution in [0.5, 0.6) is 0 Å². The van der Waals surface area contributed by atoms with Gasteiger partial charge >= 0.3 is 6.09 Å². The number of hydrogen-bond donors (Lipinski definition) is 1. The third kappa shape index (κ3) is 4.18. The minimum absolute atomic E-state index is 0.192. The number of thiazole rings is 1. The Morgan fingerprint density at radius 3 is 3.21 bits per heavy atom. The summed E-state index contributed by atoms with van der Waals surface area (Å²) in [5.74, 6) is 0. The van der Waals surface area contributed by atoms with Crippen LogP contribution >= 0.6 is 11.3 Å². The van der Waals surface area contributed by atoms with Crippen molar-refractivity contribution in [2.75, 3.05) is 26.2 Å². The third-order valence-corrected chi connectivity index (χ3v) is 4.18. The van der Waals surface area contributed by atoms with Crippen LogP contribution in [0.25, 0.3) is 0 Å². The van der Waals surface area contributed by atoms with E-state index in [1.165, 1.54) is 5.01 Å². The van der Waals surface area contributed by atoms with Gasteiger partial charge in [0.05, 0.1) is 11.6 Å². The SMILES string of the molecule is CCOC(=O)N1CC[C@H](NCCc2nc(C)cs2)C1. The van der Waals surface area contributed by atoms with Crippen LogP contribution in [-0.2, 0) is 11.2 Å². The van der Waals surface area contributed by atoms with Gasteiger partial charge in [-0.15, -0.1) is 11.3 Å². The van der Waals surface area contributed by atoms with E-state index in [0.29, 0.717) is 12.6 Å². The van der Waals surface area contributed by atoms with Gasteiger partial charge in [-0.2, -0.15) is 0 Å². The zero-order valence-electron chi connectivity index (χ0n) is 11.5. The van der Waals surface area contributed by atoms with E-state index in [-0.39, 0.29) is 6.09 Å². The Morgan fingerprint density at radius 1 is 1.68 bits per heavy atom. The minimum Gasteiger partial charge on any atom is -0.450 e. The number of ether oxygens (including phenoxy) is 1. The van der Waals surface area contributed by atoms with Crippen LogP contribution in [0, 0.1) is 6.92 Å².